The molecule has 2 bridgehead atoms. The lowest BCUT2D eigenvalue weighted by molar-refractivity contribution is -0.313. The van der Waals surface area contributed by atoms with Crippen LogP contribution >= 0.6 is 0 Å². The normalized spacial score (nSPS) is 40.9. The average Bonchev–Trinajstić information content (AvgIpc) is 2.60. The molecule has 0 spiro atoms. The second kappa shape index (κ2) is 2.58. The highest BCUT2D eigenvalue weighted by molar-refractivity contribution is 5.85. The molecular formula is C9H10NO3-. The van der Waals surface area contributed by atoms with Crippen LogP contribution in [-0.2, 0) is 9.59 Å². The summed E-state index contributed by atoms with van der Waals surface area (Å²) in [6, 6.07) is 0. The molecule has 4 heteroatoms. The summed E-state index contributed by atoms with van der Waals surface area (Å²) in [5.41, 5.74) is 5.15. The number of nitrogens with two attached hydrogens (primary N) is 1. The first-order chi connectivity index (χ1) is 6.11. The molecule has 4 nitrogen and oxygen atoms in total. The van der Waals surface area contributed by atoms with Crippen molar-refractivity contribution < 1.29 is 14.7 Å². The van der Waals surface area contributed by atoms with E-state index >= 15 is 0 Å². The van der Waals surface area contributed by atoms with Gasteiger partial charge >= 0.3 is 0 Å². The van der Waals surface area contributed by atoms with Crippen LogP contribution in [-0.4, -0.2) is 11.9 Å². The van der Waals surface area contributed by atoms with E-state index in [0.29, 0.717) is 0 Å². The summed E-state index contributed by atoms with van der Waals surface area (Å²) in [4.78, 5) is 21.8. The van der Waals surface area contributed by atoms with Crippen LogP contribution in [0.4, 0.5) is 0 Å². The number of rotatable bonds is 2. The first-order valence-electron chi connectivity index (χ1n) is 4.29. The molecule has 1 amide bonds. The molecule has 0 aromatic rings. The number of allylic oxidation sites excluding steroid dienone is 2. The van der Waals surface area contributed by atoms with E-state index in [4.69, 9.17) is 5.73 Å². The Balaban J connectivity index is 2.30. The number of carboxylic acid groups (broad SMARTS) is 1. The maximum Gasteiger partial charge on any atom is 0.221 e. The molecule has 70 valence electrons. The lowest BCUT2D eigenvalue weighted by Crippen LogP contribution is -2.43. The van der Waals surface area contributed by atoms with Gasteiger partial charge in [0.05, 0.1) is 5.92 Å². The Morgan fingerprint density at radius 2 is 1.77 bits per heavy atom. The van der Waals surface area contributed by atoms with Crippen LogP contribution < -0.4 is 10.8 Å². The summed E-state index contributed by atoms with van der Waals surface area (Å²) in [6.07, 6.45) is 4.47. The van der Waals surface area contributed by atoms with Crippen LogP contribution in [0.1, 0.15) is 6.42 Å². The van der Waals surface area contributed by atoms with Crippen molar-refractivity contribution in [1.82, 2.24) is 0 Å². The van der Waals surface area contributed by atoms with Gasteiger partial charge in [-0.1, -0.05) is 12.2 Å². The van der Waals surface area contributed by atoms with Gasteiger partial charge in [0.25, 0.3) is 0 Å². The van der Waals surface area contributed by atoms with Gasteiger partial charge in [-0.3, -0.25) is 4.79 Å². The smallest absolute Gasteiger partial charge is 0.221 e. The molecule has 2 rings (SSSR count). The van der Waals surface area contributed by atoms with E-state index in [1.807, 2.05) is 12.2 Å². The number of carbonyl (C=O) groups excluding carboxylic acids is 2. The number of hydrogen-bond acceptors (Lipinski definition) is 3. The SMILES string of the molecule is NC(=O)[C@H]1[C@@H](C(=O)[O-])[C@H]2C=C[C@@H]1C2. The quantitative estimate of drug-likeness (QED) is 0.534. The fourth-order valence-corrected chi connectivity index (χ4v) is 2.53. The Hall–Kier alpha value is -1.32. The first kappa shape index (κ1) is 8.29. The Morgan fingerprint density at radius 3 is 2.15 bits per heavy atom. The molecular weight excluding hydrogens is 170 g/mol. The zero-order valence-corrected chi connectivity index (χ0v) is 6.97. The van der Waals surface area contributed by atoms with Gasteiger partial charge in [0.1, 0.15) is 0 Å². The third-order valence-corrected chi connectivity index (χ3v) is 3.06. The highest BCUT2D eigenvalue weighted by atomic mass is 16.4. The van der Waals surface area contributed by atoms with E-state index in [2.05, 4.69) is 0 Å². The second-order valence-electron chi connectivity index (χ2n) is 3.72. The van der Waals surface area contributed by atoms with E-state index in [1.54, 1.807) is 0 Å². The molecule has 13 heavy (non-hydrogen) atoms. The van der Waals surface area contributed by atoms with E-state index in [0.717, 1.165) is 6.42 Å². The molecule has 0 saturated heterocycles. The lowest BCUT2D eigenvalue weighted by atomic mass is 9.83. The van der Waals surface area contributed by atoms with Gasteiger partial charge in [-0.25, -0.2) is 0 Å². The number of hydrogen-bond donors (Lipinski definition) is 1. The van der Waals surface area contributed by atoms with Gasteiger partial charge in [-0.2, -0.15) is 0 Å². The molecule has 1 saturated carbocycles. The van der Waals surface area contributed by atoms with Crippen molar-refractivity contribution in [2.75, 3.05) is 0 Å². The fraction of sp³-hybridized carbons (Fsp3) is 0.556. The van der Waals surface area contributed by atoms with Gasteiger partial charge in [0, 0.05) is 11.9 Å². The molecule has 0 aromatic heterocycles. The molecule has 2 aliphatic rings. The van der Waals surface area contributed by atoms with Crippen molar-refractivity contribution in [2.45, 2.75) is 6.42 Å². The van der Waals surface area contributed by atoms with Gasteiger partial charge in [-0.05, 0) is 18.3 Å². The van der Waals surface area contributed by atoms with E-state index < -0.39 is 23.7 Å². The molecule has 4 atom stereocenters. The van der Waals surface area contributed by atoms with Crippen LogP contribution in [0, 0.1) is 23.7 Å². The Labute approximate surface area is 75.4 Å². The Kier molecular flexibility index (Phi) is 1.65. The van der Waals surface area contributed by atoms with Crippen LogP contribution in [0.2, 0.25) is 0 Å². The molecule has 0 radical (unpaired) electrons. The Morgan fingerprint density at radius 1 is 1.23 bits per heavy atom. The molecule has 1 fully saturated rings. The molecule has 0 aromatic carbocycles. The van der Waals surface area contributed by atoms with Gasteiger partial charge in [-0.15, -0.1) is 0 Å². The maximum absolute atomic E-state index is 11.0. The van der Waals surface area contributed by atoms with E-state index in [9.17, 15) is 14.7 Å². The summed E-state index contributed by atoms with van der Waals surface area (Å²) in [6.45, 7) is 0. The van der Waals surface area contributed by atoms with Gasteiger partial charge in [0.2, 0.25) is 5.91 Å². The van der Waals surface area contributed by atoms with Crippen molar-refractivity contribution >= 4 is 11.9 Å². The van der Waals surface area contributed by atoms with Crippen molar-refractivity contribution in [3.8, 4) is 0 Å². The Bertz CT molecular complexity index is 269. The first-order valence-corrected chi connectivity index (χ1v) is 4.29. The van der Waals surface area contributed by atoms with E-state index in [1.165, 1.54) is 0 Å². The van der Waals surface area contributed by atoms with E-state index in [-0.39, 0.29) is 11.8 Å². The van der Waals surface area contributed by atoms with Crippen LogP contribution in [0.5, 0.6) is 0 Å². The minimum Gasteiger partial charge on any atom is -0.550 e. The number of carbonyl (C=O) groups is 2. The van der Waals surface area contributed by atoms with Gasteiger partial charge in [0.15, 0.2) is 0 Å². The molecule has 0 heterocycles. The number of carboxylic acids is 1. The fourth-order valence-electron chi connectivity index (χ4n) is 2.53. The predicted molar refractivity (Wildman–Crippen MR) is 41.9 cm³/mol. The minimum atomic E-state index is -1.15. The third-order valence-electron chi connectivity index (χ3n) is 3.06. The second-order valence-corrected chi connectivity index (χ2v) is 3.72. The number of amides is 1. The van der Waals surface area contributed by atoms with Crippen LogP contribution in [0.15, 0.2) is 12.2 Å². The number of primary amides is 1. The zero-order valence-electron chi connectivity index (χ0n) is 6.97. The topological polar surface area (TPSA) is 83.2 Å². The van der Waals surface area contributed by atoms with Crippen molar-refractivity contribution in [2.24, 2.45) is 29.4 Å². The average molecular weight is 180 g/mol. The van der Waals surface area contributed by atoms with Crippen LogP contribution in [0.3, 0.4) is 0 Å². The summed E-state index contributed by atoms with van der Waals surface area (Å²) in [5, 5.41) is 10.8. The predicted octanol–water partition coefficient (Wildman–Crippen LogP) is -1.34. The standard InChI is InChI=1S/C9H11NO3/c10-8(11)6-4-1-2-5(3-4)7(6)9(12)13/h1-2,4-7H,3H2,(H2,10,11)(H,12,13)/p-1/t4-,5+,6-,7+/m1/s1. The molecule has 2 aliphatic carbocycles. The molecule has 0 unspecified atom stereocenters. The van der Waals surface area contributed by atoms with Crippen molar-refractivity contribution in [1.29, 1.82) is 0 Å². The lowest BCUT2D eigenvalue weighted by Gasteiger charge is -2.25. The largest absolute Gasteiger partial charge is 0.550 e. The number of aliphatic carboxylic acids is 1. The maximum atomic E-state index is 11.0. The summed E-state index contributed by atoms with van der Waals surface area (Å²) < 4.78 is 0. The highest BCUT2D eigenvalue weighted by Gasteiger charge is 2.47. The molecule has 2 N–H and O–H groups in total. The summed E-state index contributed by atoms with van der Waals surface area (Å²) in [7, 11) is 0. The summed E-state index contributed by atoms with van der Waals surface area (Å²) >= 11 is 0. The molecule has 0 aliphatic heterocycles. The minimum absolute atomic E-state index is 0.0189. The van der Waals surface area contributed by atoms with Gasteiger partial charge < -0.3 is 15.6 Å². The third kappa shape index (κ3) is 1.05. The monoisotopic (exact) mass is 180 g/mol. The zero-order chi connectivity index (χ0) is 9.59. The number of fused-ring (bicyclic) bond motifs is 2. The van der Waals surface area contributed by atoms with Crippen molar-refractivity contribution in [3.63, 3.8) is 0 Å². The highest BCUT2D eigenvalue weighted by Crippen LogP contribution is 2.47. The van der Waals surface area contributed by atoms with Crippen LogP contribution in [0.25, 0.3) is 0 Å². The summed E-state index contributed by atoms with van der Waals surface area (Å²) in [5.74, 6) is -2.96. The van der Waals surface area contributed by atoms with Crippen molar-refractivity contribution in [3.05, 3.63) is 12.2 Å².